The number of benzene rings is 1. The topological polar surface area (TPSA) is 47.1 Å². The fourth-order valence-corrected chi connectivity index (χ4v) is 3.03. The maximum Gasteiger partial charge on any atom is 0.124 e. The van der Waals surface area contributed by atoms with Gasteiger partial charge in [-0.3, -0.25) is 4.90 Å². The predicted octanol–water partition coefficient (Wildman–Crippen LogP) is 1.98. The highest BCUT2D eigenvalue weighted by Crippen LogP contribution is 2.18. The monoisotopic (exact) mass is 258 g/mol. The molecule has 1 atom stereocenters. The second kappa shape index (κ2) is 5.31. The summed E-state index contributed by atoms with van der Waals surface area (Å²) in [6.45, 7) is 6.19. The number of para-hydroxylation sites is 2. The molecule has 2 heterocycles. The molecule has 4 nitrogen and oxygen atoms in total. The van der Waals surface area contributed by atoms with Crippen molar-refractivity contribution < 1.29 is 0 Å². The van der Waals surface area contributed by atoms with Gasteiger partial charge in [0.25, 0.3) is 0 Å². The largest absolute Gasteiger partial charge is 0.327 e. The Kier molecular flexibility index (Phi) is 3.53. The third kappa shape index (κ3) is 2.51. The Balaban J connectivity index is 1.87. The van der Waals surface area contributed by atoms with E-state index >= 15 is 0 Å². The minimum atomic E-state index is 0.327. The van der Waals surface area contributed by atoms with Crippen molar-refractivity contribution in [2.45, 2.75) is 38.9 Å². The van der Waals surface area contributed by atoms with Crippen LogP contribution in [-0.2, 0) is 13.1 Å². The van der Waals surface area contributed by atoms with Gasteiger partial charge in [-0.25, -0.2) is 4.98 Å². The van der Waals surface area contributed by atoms with Crippen molar-refractivity contribution in [3.63, 3.8) is 0 Å². The number of hydrogen-bond acceptors (Lipinski definition) is 3. The number of rotatable bonds is 3. The Bertz CT molecular complexity index is 560. The van der Waals surface area contributed by atoms with Crippen molar-refractivity contribution in [1.82, 2.24) is 14.5 Å². The first-order valence-electron chi connectivity index (χ1n) is 7.20. The fraction of sp³-hybridized carbons (Fsp3) is 0.533. The number of hydrogen-bond donors (Lipinski definition) is 1. The smallest absolute Gasteiger partial charge is 0.124 e. The van der Waals surface area contributed by atoms with Gasteiger partial charge in [0.05, 0.1) is 17.6 Å². The second-order valence-electron chi connectivity index (χ2n) is 5.40. The average Bonchev–Trinajstić information content (AvgIpc) is 2.75. The van der Waals surface area contributed by atoms with E-state index in [0.29, 0.717) is 6.04 Å². The minimum absolute atomic E-state index is 0.327. The van der Waals surface area contributed by atoms with Crippen LogP contribution < -0.4 is 5.73 Å². The van der Waals surface area contributed by atoms with E-state index < -0.39 is 0 Å². The van der Waals surface area contributed by atoms with Crippen molar-refractivity contribution in [2.75, 3.05) is 13.1 Å². The molecule has 102 valence electrons. The molecular formula is C15H22N4. The quantitative estimate of drug-likeness (QED) is 0.915. The van der Waals surface area contributed by atoms with Gasteiger partial charge in [-0.2, -0.15) is 0 Å². The number of nitrogens with two attached hydrogens (primary N) is 1. The van der Waals surface area contributed by atoms with Crippen molar-refractivity contribution in [2.24, 2.45) is 5.73 Å². The van der Waals surface area contributed by atoms with Gasteiger partial charge in [-0.15, -0.1) is 0 Å². The van der Waals surface area contributed by atoms with E-state index in [1.54, 1.807) is 0 Å². The molecule has 0 radical (unpaired) electrons. The van der Waals surface area contributed by atoms with Crippen LogP contribution >= 0.6 is 0 Å². The van der Waals surface area contributed by atoms with Crippen LogP contribution in [0, 0.1) is 0 Å². The lowest BCUT2D eigenvalue weighted by Crippen LogP contribution is -2.42. The number of fused-ring (bicyclic) bond motifs is 1. The standard InChI is InChI=1S/C15H22N4/c1-2-19-14-8-4-3-7-13(14)17-15(19)11-18-9-5-6-12(16)10-18/h3-4,7-8,12H,2,5-6,9-11,16H2,1H3. The van der Waals surface area contributed by atoms with Crippen molar-refractivity contribution >= 4 is 11.0 Å². The molecule has 1 aromatic carbocycles. The summed E-state index contributed by atoms with van der Waals surface area (Å²) in [6.07, 6.45) is 2.36. The Hall–Kier alpha value is -1.39. The normalized spacial score (nSPS) is 21.1. The third-order valence-electron chi connectivity index (χ3n) is 3.96. The van der Waals surface area contributed by atoms with Gasteiger partial charge < -0.3 is 10.3 Å². The van der Waals surface area contributed by atoms with Crippen LogP contribution in [0.4, 0.5) is 0 Å². The van der Waals surface area contributed by atoms with Gasteiger partial charge in [0.2, 0.25) is 0 Å². The molecule has 1 saturated heterocycles. The molecular weight excluding hydrogens is 236 g/mol. The molecule has 0 spiro atoms. The average molecular weight is 258 g/mol. The predicted molar refractivity (Wildman–Crippen MR) is 77.9 cm³/mol. The maximum absolute atomic E-state index is 6.06. The summed E-state index contributed by atoms with van der Waals surface area (Å²) in [5.41, 5.74) is 8.39. The highest BCUT2D eigenvalue weighted by Gasteiger charge is 2.19. The molecule has 2 N–H and O–H groups in total. The first-order valence-corrected chi connectivity index (χ1v) is 7.20. The number of aryl methyl sites for hydroxylation is 1. The second-order valence-corrected chi connectivity index (χ2v) is 5.40. The van der Waals surface area contributed by atoms with E-state index in [4.69, 9.17) is 10.7 Å². The van der Waals surface area contributed by atoms with E-state index in [1.807, 2.05) is 0 Å². The molecule has 3 rings (SSSR count). The fourth-order valence-electron chi connectivity index (χ4n) is 3.03. The molecule has 0 aliphatic carbocycles. The highest BCUT2D eigenvalue weighted by molar-refractivity contribution is 5.75. The van der Waals surface area contributed by atoms with Gasteiger partial charge in [0, 0.05) is 19.1 Å². The molecule has 1 aliphatic heterocycles. The highest BCUT2D eigenvalue weighted by atomic mass is 15.2. The zero-order chi connectivity index (χ0) is 13.2. The number of nitrogens with zero attached hydrogens (tertiary/aromatic N) is 3. The zero-order valence-electron chi connectivity index (χ0n) is 11.5. The SMILES string of the molecule is CCn1c(CN2CCCC(N)C2)nc2ccccc21. The summed E-state index contributed by atoms with van der Waals surface area (Å²) in [5.74, 6) is 1.16. The zero-order valence-corrected chi connectivity index (χ0v) is 11.5. The summed E-state index contributed by atoms with van der Waals surface area (Å²) in [6, 6.07) is 8.70. The van der Waals surface area contributed by atoms with Gasteiger partial charge in [-0.05, 0) is 38.4 Å². The number of piperidine rings is 1. The summed E-state index contributed by atoms with van der Waals surface area (Å²) in [4.78, 5) is 7.22. The van der Waals surface area contributed by atoms with Crippen LogP contribution in [0.1, 0.15) is 25.6 Å². The molecule has 1 aromatic heterocycles. The third-order valence-corrected chi connectivity index (χ3v) is 3.96. The summed E-state index contributed by atoms with van der Waals surface area (Å²) in [5, 5.41) is 0. The van der Waals surface area contributed by atoms with Crippen LogP contribution in [0.25, 0.3) is 11.0 Å². The van der Waals surface area contributed by atoms with Gasteiger partial charge in [-0.1, -0.05) is 12.1 Å². The van der Waals surface area contributed by atoms with Crippen molar-refractivity contribution in [3.05, 3.63) is 30.1 Å². The number of aromatic nitrogens is 2. The Morgan fingerprint density at radius 3 is 3.00 bits per heavy atom. The minimum Gasteiger partial charge on any atom is -0.327 e. The van der Waals surface area contributed by atoms with Crippen molar-refractivity contribution in [3.8, 4) is 0 Å². The van der Waals surface area contributed by atoms with Crippen LogP contribution in [0.15, 0.2) is 24.3 Å². The molecule has 4 heteroatoms. The van der Waals surface area contributed by atoms with Gasteiger partial charge >= 0.3 is 0 Å². The number of likely N-dealkylation sites (tertiary alicyclic amines) is 1. The Labute approximate surface area is 114 Å². The molecule has 1 unspecified atom stereocenters. The Morgan fingerprint density at radius 2 is 2.21 bits per heavy atom. The molecule has 0 bridgehead atoms. The van der Waals surface area contributed by atoms with Gasteiger partial charge in [0.1, 0.15) is 5.82 Å². The van der Waals surface area contributed by atoms with Gasteiger partial charge in [0.15, 0.2) is 0 Å². The lowest BCUT2D eigenvalue weighted by molar-refractivity contribution is 0.195. The molecule has 0 saturated carbocycles. The summed E-state index contributed by atoms with van der Waals surface area (Å²) in [7, 11) is 0. The van der Waals surface area contributed by atoms with Crippen LogP contribution in [-0.4, -0.2) is 33.6 Å². The van der Waals surface area contributed by atoms with E-state index in [9.17, 15) is 0 Å². The Morgan fingerprint density at radius 1 is 1.37 bits per heavy atom. The maximum atomic E-state index is 6.06. The number of imidazole rings is 1. The van der Waals surface area contributed by atoms with Crippen molar-refractivity contribution in [1.29, 1.82) is 0 Å². The molecule has 2 aromatic rings. The first kappa shape index (κ1) is 12.6. The van der Waals surface area contributed by atoms with Crippen LogP contribution in [0.5, 0.6) is 0 Å². The lowest BCUT2D eigenvalue weighted by atomic mass is 10.1. The van der Waals surface area contributed by atoms with E-state index in [1.165, 1.54) is 11.9 Å². The van der Waals surface area contributed by atoms with E-state index in [0.717, 1.165) is 43.9 Å². The molecule has 1 fully saturated rings. The van der Waals surface area contributed by atoms with E-state index in [-0.39, 0.29) is 0 Å². The molecule has 1 aliphatic rings. The summed E-state index contributed by atoms with van der Waals surface area (Å²) < 4.78 is 2.31. The summed E-state index contributed by atoms with van der Waals surface area (Å²) >= 11 is 0. The lowest BCUT2D eigenvalue weighted by Gasteiger charge is -2.30. The molecule has 0 amide bonds. The van der Waals surface area contributed by atoms with Crippen LogP contribution in [0.2, 0.25) is 0 Å². The first-order chi connectivity index (χ1) is 9.28. The molecule has 19 heavy (non-hydrogen) atoms. The van der Waals surface area contributed by atoms with E-state index in [2.05, 4.69) is 40.7 Å². The van der Waals surface area contributed by atoms with Crippen LogP contribution in [0.3, 0.4) is 0 Å².